The van der Waals surface area contributed by atoms with Gasteiger partial charge in [-0.1, -0.05) is 13.8 Å². The molecule has 1 rings (SSSR count). The van der Waals surface area contributed by atoms with Crippen LogP contribution in [0.3, 0.4) is 0 Å². The number of aromatic nitrogens is 2. The summed E-state index contributed by atoms with van der Waals surface area (Å²) in [5.74, 6) is 1.15. The minimum absolute atomic E-state index is 0.0111. The SMILES string of the molecule is COC(c1nsc(NC(C)(C)C)n1)C(C)C. The van der Waals surface area contributed by atoms with Crippen LogP contribution in [0.1, 0.15) is 46.5 Å². The molecule has 0 aliphatic carbocycles. The van der Waals surface area contributed by atoms with Crippen LogP contribution in [0.4, 0.5) is 5.13 Å². The molecule has 1 unspecified atom stereocenters. The number of nitrogens with zero attached hydrogens (tertiary/aromatic N) is 2. The molecule has 0 aliphatic rings. The van der Waals surface area contributed by atoms with Gasteiger partial charge in [-0.05, 0) is 26.7 Å². The molecule has 1 atom stereocenters. The molecule has 0 bridgehead atoms. The van der Waals surface area contributed by atoms with Gasteiger partial charge < -0.3 is 10.1 Å². The molecular formula is C11H21N3OS. The van der Waals surface area contributed by atoms with Crippen LogP contribution in [0.15, 0.2) is 0 Å². The summed E-state index contributed by atoms with van der Waals surface area (Å²) < 4.78 is 9.73. The quantitative estimate of drug-likeness (QED) is 0.882. The summed E-state index contributed by atoms with van der Waals surface area (Å²) in [6, 6.07) is 0. The van der Waals surface area contributed by atoms with Crippen LogP contribution in [0.5, 0.6) is 0 Å². The molecule has 0 radical (unpaired) electrons. The maximum absolute atomic E-state index is 5.40. The van der Waals surface area contributed by atoms with Gasteiger partial charge in [0.05, 0.1) is 0 Å². The number of anilines is 1. The van der Waals surface area contributed by atoms with Crippen molar-refractivity contribution in [1.29, 1.82) is 0 Å². The maximum atomic E-state index is 5.40. The van der Waals surface area contributed by atoms with E-state index in [0.717, 1.165) is 11.0 Å². The molecular weight excluding hydrogens is 222 g/mol. The standard InChI is InChI=1S/C11H21N3OS/c1-7(2)8(15-6)9-12-10(16-14-9)13-11(3,4)5/h7-8H,1-6H3,(H,12,13,14). The van der Waals surface area contributed by atoms with Gasteiger partial charge in [0.15, 0.2) is 5.82 Å². The highest BCUT2D eigenvalue weighted by molar-refractivity contribution is 7.09. The van der Waals surface area contributed by atoms with Crippen molar-refractivity contribution in [3.05, 3.63) is 5.82 Å². The van der Waals surface area contributed by atoms with Gasteiger partial charge >= 0.3 is 0 Å². The molecule has 16 heavy (non-hydrogen) atoms. The van der Waals surface area contributed by atoms with E-state index in [9.17, 15) is 0 Å². The zero-order chi connectivity index (χ0) is 12.3. The smallest absolute Gasteiger partial charge is 0.203 e. The van der Waals surface area contributed by atoms with Crippen LogP contribution in [0, 0.1) is 5.92 Å². The summed E-state index contributed by atoms with van der Waals surface area (Å²) in [5, 5.41) is 4.16. The van der Waals surface area contributed by atoms with Crippen molar-refractivity contribution in [2.75, 3.05) is 12.4 Å². The first-order chi connectivity index (χ1) is 7.33. The average molecular weight is 243 g/mol. The summed E-state index contributed by atoms with van der Waals surface area (Å²) in [6.45, 7) is 10.5. The van der Waals surface area contributed by atoms with Crippen molar-refractivity contribution >= 4 is 16.7 Å². The topological polar surface area (TPSA) is 47.0 Å². The Morgan fingerprint density at radius 1 is 1.31 bits per heavy atom. The number of hydrogen-bond acceptors (Lipinski definition) is 5. The summed E-state index contributed by atoms with van der Waals surface area (Å²) in [7, 11) is 1.70. The van der Waals surface area contributed by atoms with Crippen molar-refractivity contribution in [2.24, 2.45) is 5.92 Å². The lowest BCUT2D eigenvalue weighted by Gasteiger charge is -2.19. The third-order valence-corrected chi connectivity index (χ3v) is 2.68. The van der Waals surface area contributed by atoms with Crippen molar-refractivity contribution in [3.8, 4) is 0 Å². The molecule has 0 aliphatic heterocycles. The van der Waals surface area contributed by atoms with E-state index in [1.807, 2.05) is 0 Å². The van der Waals surface area contributed by atoms with Gasteiger partial charge in [-0.2, -0.15) is 4.37 Å². The largest absolute Gasteiger partial charge is 0.373 e. The molecule has 0 amide bonds. The Bertz CT molecular complexity index is 330. The molecule has 0 spiro atoms. The van der Waals surface area contributed by atoms with E-state index in [4.69, 9.17) is 4.74 Å². The van der Waals surface area contributed by atoms with Crippen LogP contribution in [-0.2, 0) is 4.74 Å². The van der Waals surface area contributed by atoms with Crippen LogP contribution >= 0.6 is 11.5 Å². The van der Waals surface area contributed by atoms with Gasteiger partial charge in [0.1, 0.15) is 6.10 Å². The molecule has 0 aromatic carbocycles. The lowest BCUT2D eigenvalue weighted by molar-refractivity contribution is 0.0585. The van der Waals surface area contributed by atoms with Crippen molar-refractivity contribution < 1.29 is 4.74 Å². The Balaban J connectivity index is 2.78. The van der Waals surface area contributed by atoms with Gasteiger partial charge in [-0.15, -0.1) is 0 Å². The van der Waals surface area contributed by atoms with Crippen LogP contribution in [0.25, 0.3) is 0 Å². The fourth-order valence-electron chi connectivity index (χ4n) is 1.40. The number of hydrogen-bond donors (Lipinski definition) is 1. The molecule has 1 N–H and O–H groups in total. The van der Waals surface area contributed by atoms with Crippen molar-refractivity contribution in [2.45, 2.75) is 46.3 Å². The van der Waals surface area contributed by atoms with Crippen LogP contribution in [-0.4, -0.2) is 22.0 Å². The molecule has 1 heterocycles. The zero-order valence-corrected chi connectivity index (χ0v) is 11.7. The average Bonchev–Trinajstić information content (AvgIpc) is 2.50. The summed E-state index contributed by atoms with van der Waals surface area (Å²) in [6.07, 6.45) is -0.0215. The predicted octanol–water partition coefficient (Wildman–Crippen LogP) is 3.09. The van der Waals surface area contributed by atoms with E-state index >= 15 is 0 Å². The Labute approximate surface area is 102 Å². The second kappa shape index (κ2) is 5.10. The molecule has 4 nitrogen and oxygen atoms in total. The van der Waals surface area contributed by atoms with Crippen molar-refractivity contribution in [1.82, 2.24) is 9.36 Å². The predicted molar refractivity (Wildman–Crippen MR) is 67.9 cm³/mol. The van der Waals surface area contributed by atoms with Crippen LogP contribution in [0.2, 0.25) is 0 Å². The summed E-state index contributed by atoms with van der Waals surface area (Å²) in [5.41, 5.74) is 0.0111. The third-order valence-electron chi connectivity index (χ3n) is 2.04. The Morgan fingerprint density at radius 2 is 1.94 bits per heavy atom. The molecule has 1 aromatic heterocycles. The minimum Gasteiger partial charge on any atom is -0.373 e. The Kier molecular flexibility index (Phi) is 4.27. The van der Waals surface area contributed by atoms with E-state index in [1.54, 1.807) is 7.11 Å². The van der Waals surface area contributed by atoms with Crippen molar-refractivity contribution in [3.63, 3.8) is 0 Å². The van der Waals surface area contributed by atoms with Gasteiger partial charge in [0.2, 0.25) is 5.13 Å². The first kappa shape index (κ1) is 13.4. The minimum atomic E-state index is -0.0215. The van der Waals surface area contributed by atoms with Gasteiger partial charge in [-0.3, -0.25) is 0 Å². The van der Waals surface area contributed by atoms with E-state index in [0.29, 0.717) is 5.92 Å². The van der Waals surface area contributed by atoms with E-state index in [2.05, 4.69) is 49.3 Å². The zero-order valence-electron chi connectivity index (χ0n) is 10.9. The maximum Gasteiger partial charge on any atom is 0.203 e. The van der Waals surface area contributed by atoms with Crippen LogP contribution < -0.4 is 5.32 Å². The lowest BCUT2D eigenvalue weighted by Crippen LogP contribution is -2.26. The Morgan fingerprint density at radius 3 is 2.38 bits per heavy atom. The van der Waals surface area contributed by atoms with Gasteiger partial charge in [0, 0.05) is 24.2 Å². The third kappa shape index (κ3) is 3.72. The fraction of sp³-hybridized carbons (Fsp3) is 0.818. The Hall–Kier alpha value is -0.680. The number of methoxy groups -OCH3 is 1. The number of nitrogens with one attached hydrogen (secondary N) is 1. The first-order valence-electron chi connectivity index (χ1n) is 5.48. The van der Waals surface area contributed by atoms with E-state index in [-0.39, 0.29) is 11.6 Å². The second-order valence-electron chi connectivity index (χ2n) is 5.23. The molecule has 0 saturated carbocycles. The van der Waals surface area contributed by atoms with Gasteiger partial charge in [0.25, 0.3) is 0 Å². The normalized spacial score (nSPS) is 14.2. The fourth-order valence-corrected chi connectivity index (χ4v) is 2.21. The molecule has 0 saturated heterocycles. The number of rotatable bonds is 4. The second-order valence-corrected chi connectivity index (χ2v) is 5.98. The number of ether oxygens (including phenoxy) is 1. The monoisotopic (exact) mass is 243 g/mol. The summed E-state index contributed by atoms with van der Waals surface area (Å²) >= 11 is 1.39. The molecule has 0 fully saturated rings. The highest BCUT2D eigenvalue weighted by Gasteiger charge is 2.21. The highest BCUT2D eigenvalue weighted by Crippen LogP contribution is 2.26. The first-order valence-corrected chi connectivity index (χ1v) is 6.25. The summed E-state index contributed by atoms with van der Waals surface area (Å²) in [4.78, 5) is 4.46. The lowest BCUT2D eigenvalue weighted by atomic mass is 10.1. The highest BCUT2D eigenvalue weighted by atomic mass is 32.1. The van der Waals surface area contributed by atoms with E-state index in [1.165, 1.54) is 11.5 Å². The van der Waals surface area contributed by atoms with Gasteiger partial charge in [-0.25, -0.2) is 4.98 Å². The van der Waals surface area contributed by atoms with E-state index < -0.39 is 0 Å². The molecule has 5 heteroatoms. The molecule has 92 valence electrons. The molecule has 1 aromatic rings.